The summed E-state index contributed by atoms with van der Waals surface area (Å²) in [6.45, 7) is 3.55. The summed E-state index contributed by atoms with van der Waals surface area (Å²) in [5.74, 6) is 0.760. The first-order chi connectivity index (χ1) is 13.7. The maximum Gasteiger partial charge on any atom is 0.273 e. The number of aromatic amines is 1. The molecule has 1 amide bonds. The van der Waals surface area contributed by atoms with Crippen molar-refractivity contribution in [3.05, 3.63) is 71.4 Å². The Bertz CT molecular complexity index is 951. The first-order valence-electron chi connectivity index (χ1n) is 9.41. The van der Waals surface area contributed by atoms with Gasteiger partial charge in [0.25, 0.3) is 5.91 Å². The minimum atomic E-state index is -0.220. The molecule has 6 heteroatoms. The van der Waals surface area contributed by atoms with Gasteiger partial charge in [0.1, 0.15) is 11.4 Å². The van der Waals surface area contributed by atoms with Crippen molar-refractivity contribution in [1.29, 1.82) is 0 Å². The molecule has 2 aromatic carbocycles. The van der Waals surface area contributed by atoms with Gasteiger partial charge in [-0.3, -0.25) is 9.89 Å². The molecule has 3 aromatic rings. The predicted molar refractivity (Wildman–Crippen MR) is 106 cm³/mol. The minimum Gasteiger partial charge on any atom is -0.494 e. The topological polar surface area (TPSA) is 67.5 Å². The van der Waals surface area contributed by atoms with Crippen molar-refractivity contribution in [2.24, 2.45) is 0 Å². The highest BCUT2D eigenvalue weighted by Gasteiger charge is 2.41. The second-order valence-corrected chi connectivity index (χ2v) is 6.62. The average Bonchev–Trinajstić information content (AvgIpc) is 3.27. The molecule has 1 aliphatic heterocycles. The SMILES string of the molecule is CCOc1ccc(C2c3c(-c4ccccc4)n[nH]c3C(=O)N2CCOC)cc1. The lowest BCUT2D eigenvalue weighted by molar-refractivity contribution is 0.0677. The van der Waals surface area contributed by atoms with Crippen LogP contribution >= 0.6 is 0 Å². The van der Waals surface area contributed by atoms with Crippen LogP contribution in [0.3, 0.4) is 0 Å². The van der Waals surface area contributed by atoms with Gasteiger partial charge in [0, 0.05) is 24.8 Å². The number of methoxy groups -OCH3 is 1. The Kier molecular flexibility index (Phi) is 5.12. The summed E-state index contributed by atoms with van der Waals surface area (Å²) >= 11 is 0. The molecule has 144 valence electrons. The molecule has 1 unspecified atom stereocenters. The van der Waals surface area contributed by atoms with Crippen LogP contribution in [0.15, 0.2) is 54.6 Å². The van der Waals surface area contributed by atoms with Crippen LogP contribution in [0.4, 0.5) is 0 Å². The molecule has 1 N–H and O–H groups in total. The number of ether oxygens (including phenoxy) is 2. The number of hydrogen-bond acceptors (Lipinski definition) is 4. The lowest BCUT2D eigenvalue weighted by Gasteiger charge is -2.26. The molecule has 1 aliphatic rings. The molecule has 6 nitrogen and oxygen atoms in total. The van der Waals surface area contributed by atoms with Crippen molar-refractivity contribution in [3.8, 4) is 17.0 Å². The predicted octanol–water partition coefficient (Wildman–Crippen LogP) is 3.67. The van der Waals surface area contributed by atoms with E-state index in [0.717, 1.165) is 28.1 Å². The van der Waals surface area contributed by atoms with Gasteiger partial charge in [0.15, 0.2) is 0 Å². The molecule has 0 saturated heterocycles. The van der Waals surface area contributed by atoms with Crippen molar-refractivity contribution < 1.29 is 14.3 Å². The number of rotatable bonds is 7. The monoisotopic (exact) mass is 377 g/mol. The molecule has 0 spiro atoms. The van der Waals surface area contributed by atoms with Crippen LogP contribution in [-0.2, 0) is 4.74 Å². The zero-order valence-corrected chi connectivity index (χ0v) is 16.0. The Labute approximate surface area is 164 Å². The van der Waals surface area contributed by atoms with Crippen LogP contribution in [0.5, 0.6) is 5.75 Å². The second-order valence-electron chi connectivity index (χ2n) is 6.62. The van der Waals surface area contributed by atoms with E-state index in [1.807, 2.05) is 66.4 Å². The number of aromatic nitrogens is 2. The first-order valence-corrected chi connectivity index (χ1v) is 9.41. The lowest BCUT2D eigenvalue weighted by atomic mass is 9.96. The van der Waals surface area contributed by atoms with Crippen molar-refractivity contribution in [3.63, 3.8) is 0 Å². The molecule has 28 heavy (non-hydrogen) atoms. The fraction of sp³-hybridized carbons (Fsp3) is 0.273. The maximum atomic E-state index is 13.1. The highest BCUT2D eigenvalue weighted by atomic mass is 16.5. The highest BCUT2D eigenvalue weighted by Crippen LogP contribution is 2.42. The van der Waals surface area contributed by atoms with Gasteiger partial charge in [-0.2, -0.15) is 5.10 Å². The number of benzene rings is 2. The summed E-state index contributed by atoms with van der Waals surface area (Å²) in [5.41, 5.74) is 4.27. The Morgan fingerprint density at radius 2 is 1.86 bits per heavy atom. The summed E-state index contributed by atoms with van der Waals surface area (Å²) in [7, 11) is 1.64. The van der Waals surface area contributed by atoms with Crippen molar-refractivity contribution in [1.82, 2.24) is 15.1 Å². The molecule has 2 heterocycles. The number of nitrogens with zero attached hydrogens (tertiary/aromatic N) is 2. The third kappa shape index (κ3) is 3.16. The first kappa shape index (κ1) is 18.3. The van der Waals surface area contributed by atoms with E-state index in [2.05, 4.69) is 10.2 Å². The molecular formula is C22H23N3O3. The molecule has 1 aromatic heterocycles. The zero-order chi connectivity index (χ0) is 19.5. The average molecular weight is 377 g/mol. The Morgan fingerprint density at radius 3 is 2.54 bits per heavy atom. The molecule has 1 atom stereocenters. The van der Waals surface area contributed by atoms with E-state index >= 15 is 0 Å². The summed E-state index contributed by atoms with van der Waals surface area (Å²) in [6, 6.07) is 17.6. The number of amides is 1. The van der Waals surface area contributed by atoms with Crippen LogP contribution < -0.4 is 4.74 Å². The fourth-order valence-corrected chi connectivity index (χ4v) is 3.69. The van der Waals surface area contributed by atoms with E-state index in [1.54, 1.807) is 7.11 Å². The second kappa shape index (κ2) is 7.86. The van der Waals surface area contributed by atoms with Crippen molar-refractivity contribution in [2.75, 3.05) is 26.9 Å². The Morgan fingerprint density at radius 1 is 1.11 bits per heavy atom. The standard InChI is InChI=1S/C22H23N3O3/c1-3-28-17-11-9-16(10-12-17)21-18-19(15-7-5-4-6-8-15)23-24-20(18)22(26)25(21)13-14-27-2/h4-12,21H,3,13-14H2,1-2H3,(H,23,24). The van der Waals surface area contributed by atoms with Gasteiger partial charge in [-0.25, -0.2) is 0 Å². The molecule has 0 aliphatic carbocycles. The lowest BCUT2D eigenvalue weighted by Crippen LogP contribution is -2.32. The molecule has 0 saturated carbocycles. The zero-order valence-electron chi connectivity index (χ0n) is 16.0. The van der Waals surface area contributed by atoms with Crippen LogP contribution in [-0.4, -0.2) is 47.9 Å². The van der Waals surface area contributed by atoms with Gasteiger partial charge in [0.05, 0.1) is 24.9 Å². The quantitative estimate of drug-likeness (QED) is 0.682. The van der Waals surface area contributed by atoms with Crippen LogP contribution in [0.1, 0.15) is 34.6 Å². The van der Waals surface area contributed by atoms with E-state index in [4.69, 9.17) is 9.47 Å². The Hall–Kier alpha value is -3.12. The van der Waals surface area contributed by atoms with E-state index in [0.29, 0.717) is 25.5 Å². The van der Waals surface area contributed by atoms with Crippen LogP contribution in [0, 0.1) is 0 Å². The van der Waals surface area contributed by atoms with Gasteiger partial charge < -0.3 is 14.4 Å². The normalized spacial score (nSPS) is 15.7. The molecule has 4 rings (SSSR count). The molecule has 0 bridgehead atoms. The third-order valence-electron chi connectivity index (χ3n) is 4.95. The van der Waals surface area contributed by atoms with Crippen molar-refractivity contribution in [2.45, 2.75) is 13.0 Å². The smallest absolute Gasteiger partial charge is 0.273 e. The fourth-order valence-electron chi connectivity index (χ4n) is 3.69. The molecular weight excluding hydrogens is 354 g/mol. The third-order valence-corrected chi connectivity index (χ3v) is 4.95. The largest absolute Gasteiger partial charge is 0.494 e. The van der Waals surface area contributed by atoms with E-state index in [1.165, 1.54) is 0 Å². The van der Waals surface area contributed by atoms with Gasteiger partial charge in [-0.05, 0) is 24.6 Å². The number of hydrogen-bond donors (Lipinski definition) is 1. The molecule has 0 fully saturated rings. The van der Waals surface area contributed by atoms with E-state index in [-0.39, 0.29) is 11.9 Å². The number of nitrogens with one attached hydrogen (secondary N) is 1. The highest BCUT2D eigenvalue weighted by molar-refractivity contribution is 6.00. The van der Waals surface area contributed by atoms with Crippen LogP contribution in [0.25, 0.3) is 11.3 Å². The van der Waals surface area contributed by atoms with E-state index in [9.17, 15) is 4.79 Å². The van der Waals surface area contributed by atoms with Gasteiger partial charge in [-0.1, -0.05) is 42.5 Å². The van der Waals surface area contributed by atoms with Gasteiger partial charge in [-0.15, -0.1) is 0 Å². The number of carbonyl (C=O) groups excluding carboxylic acids is 1. The summed E-state index contributed by atoms with van der Waals surface area (Å²) in [6.07, 6.45) is 0. The number of carbonyl (C=O) groups is 1. The Balaban J connectivity index is 1.80. The summed E-state index contributed by atoms with van der Waals surface area (Å²) < 4.78 is 10.8. The minimum absolute atomic E-state index is 0.0550. The van der Waals surface area contributed by atoms with E-state index < -0.39 is 0 Å². The van der Waals surface area contributed by atoms with Gasteiger partial charge in [0.2, 0.25) is 0 Å². The molecule has 0 radical (unpaired) electrons. The van der Waals surface area contributed by atoms with Crippen molar-refractivity contribution >= 4 is 5.91 Å². The number of fused-ring (bicyclic) bond motifs is 1. The summed E-state index contributed by atoms with van der Waals surface area (Å²) in [4.78, 5) is 14.9. The maximum absolute atomic E-state index is 13.1. The van der Waals surface area contributed by atoms with Gasteiger partial charge >= 0.3 is 0 Å². The number of H-pyrrole nitrogens is 1. The van der Waals surface area contributed by atoms with Crippen LogP contribution in [0.2, 0.25) is 0 Å². The summed E-state index contributed by atoms with van der Waals surface area (Å²) in [5, 5.41) is 7.43.